The first-order chi connectivity index (χ1) is 12.2. The maximum atomic E-state index is 11.6. The fourth-order valence-corrected chi connectivity index (χ4v) is 3.00. The molecule has 0 saturated heterocycles. The largest absolute Gasteiger partial charge is 0.497 e. The quantitative estimate of drug-likeness (QED) is 0.606. The lowest BCUT2D eigenvalue weighted by atomic mass is 9.95. The van der Waals surface area contributed by atoms with E-state index in [2.05, 4.69) is 20.6 Å². The van der Waals surface area contributed by atoms with Crippen molar-refractivity contribution in [2.24, 2.45) is 0 Å². The number of ether oxygens (including phenoxy) is 1. The Morgan fingerprint density at radius 2 is 1.80 bits per heavy atom. The van der Waals surface area contributed by atoms with Gasteiger partial charge in [0.2, 0.25) is 11.6 Å². The molecule has 1 saturated carbocycles. The molecule has 1 aliphatic rings. The van der Waals surface area contributed by atoms with E-state index in [0.717, 1.165) is 25.7 Å². The molecule has 0 atom stereocenters. The summed E-state index contributed by atoms with van der Waals surface area (Å²) in [5, 5.41) is 17.8. The molecule has 8 heteroatoms. The third-order valence-corrected chi connectivity index (χ3v) is 4.30. The van der Waals surface area contributed by atoms with Crippen LogP contribution in [0.15, 0.2) is 30.6 Å². The van der Waals surface area contributed by atoms with Crippen LogP contribution in [0.2, 0.25) is 0 Å². The van der Waals surface area contributed by atoms with E-state index in [1.165, 1.54) is 12.7 Å². The van der Waals surface area contributed by atoms with Crippen molar-refractivity contribution in [1.82, 2.24) is 9.97 Å². The molecule has 2 N–H and O–H groups in total. The van der Waals surface area contributed by atoms with E-state index in [0.29, 0.717) is 11.4 Å². The first kappa shape index (κ1) is 16.9. The summed E-state index contributed by atoms with van der Waals surface area (Å²) in [4.78, 5) is 19.3. The highest BCUT2D eigenvalue weighted by Crippen LogP contribution is 2.33. The maximum absolute atomic E-state index is 11.6. The summed E-state index contributed by atoms with van der Waals surface area (Å²) >= 11 is 0. The van der Waals surface area contributed by atoms with E-state index in [1.54, 1.807) is 31.4 Å². The SMILES string of the molecule is COc1ccc(Nc2ncnc(NC3CCCCC3)c2[N+](=O)[O-])cc1. The minimum atomic E-state index is -0.447. The average Bonchev–Trinajstić information content (AvgIpc) is 2.63. The Bertz CT molecular complexity index is 730. The van der Waals surface area contributed by atoms with Gasteiger partial charge in [0.05, 0.1) is 12.0 Å². The van der Waals surface area contributed by atoms with Crippen molar-refractivity contribution in [3.8, 4) is 5.75 Å². The van der Waals surface area contributed by atoms with E-state index >= 15 is 0 Å². The number of nitrogens with one attached hydrogen (secondary N) is 2. The number of hydrogen-bond donors (Lipinski definition) is 2. The average molecular weight is 343 g/mol. The summed E-state index contributed by atoms with van der Waals surface area (Å²) in [6.45, 7) is 0. The van der Waals surface area contributed by atoms with Gasteiger partial charge in [-0.1, -0.05) is 19.3 Å². The molecule has 3 rings (SSSR count). The van der Waals surface area contributed by atoms with Crippen LogP contribution in [0.25, 0.3) is 0 Å². The van der Waals surface area contributed by atoms with Crippen molar-refractivity contribution in [1.29, 1.82) is 0 Å². The Balaban J connectivity index is 1.84. The number of methoxy groups -OCH3 is 1. The van der Waals surface area contributed by atoms with Crippen LogP contribution >= 0.6 is 0 Å². The Labute approximate surface area is 145 Å². The predicted molar refractivity (Wildman–Crippen MR) is 95.5 cm³/mol. The summed E-state index contributed by atoms with van der Waals surface area (Å²) in [6.07, 6.45) is 6.82. The zero-order chi connectivity index (χ0) is 17.6. The molecule has 1 aromatic heterocycles. The fraction of sp³-hybridized carbons (Fsp3) is 0.412. The van der Waals surface area contributed by atoms with Gasteiger partial charge in [-0.15, -0.1) is 0 Å². The van der Waals surface area contributed by atoms with Crippen molar-refractivity contribution >= 4 is 23.0 Å². The molecule has 1 aliphatic carbocycles. The third kappa shape index (κ3) is 4.14. The second kappa shape index (κ2) is 7.78. The van der Waals surface area contributed by atoms with Gasteiger partial charge in [-0.3, -0.25) is 10.1 Å². The number of aromatic nitrogens is 2. The summed E-state index contributed by atoms with van der Waals surface area (Å²) in [6, 6.07) is 7.32. The van der Waals surface area contributed by atoms with Gasteiger partial charge in [0.15, 0.2) is 0 Å². The summed E-state index contributed by atoms with van der Waals surface area (Å²) in [5.41, 5.74) is 0.551. The molecule has 1 fully saturated rings. The molecule has 0 aliphatic heterocycles. The molecule has 0 unspecified atom stereocenters. The van der Waals surface area contributed by atoms with Crippen LogP contribution in [0.1, 0.15) is 32.1 Å². The van der Waals surface area contributed by atoms with Crippen LogP contribution in [0.3, 0.4) is 0 Å². The first-order valence-electron chi connectivity index (χ1n) is 8.34. The molecule has 0 amide bonds. The van der Waals surface area contributed by atoms with Crippen LogP contribution in [-0.4, -0.2) is 28.0 Å². The molecule has 0 bridgehead atoms. The smallest absolute Gasteiger partial charge is 0.353 e. The minimum Gasteiger partial charge on any atom is -0.497 e. The number of rotatable bonds is 6. The second-order valence-electron chi connectivity index (χ2n) is 6.01. The van der Waals surface area contributed by atoms with Crippen molar-refractivity contribution < 1.29 is 9.66 Å². The van der Waals surface area contributed by atoms with E-state index in [9.17, 15) is 10.1 Å². The van der Waals surface area contributed by atoms with Gasteiger partial charge in [0, 0.05) is 11.7 Å². The van der Waals surface area contributed by atoms with Crippen LogP contribution in [-0.2, 0) is 0 Å². The molecule has 132 valence electrons. The van der Waals surface area contributed by atoms with Gasteiger partial charge in [-0.25, -0.2) is 9.97 Å². The van der Waals surface area contributed by atoms with Crippen LogP contribution in [0.5, 0.6) is 5.75 Å². The Morgan fingerprint density at radius 3 is 2.44 bits per heavy atom. The van der Waals surface area contributed by atoms with Crippen LogP contribution in [0.4, 0.5) is 23.0 Å². The highest BCUT2D eigenvalue weighted by molar-refractivity contribution is 5.74. The maximum Gasteiger partial charge on any atom is 0.353 e. The zero-order valence-electron chi connectivity index (χ0n) is 14.1. The number of nitro groups is 1. The van der Waals surface area contributed by atoms with Gasteiger partial charge in [-0.05, 0) is 37.1 Å². The highest BCUT2D eigenvalue weighted by Gasteiger charge is 2.25. The van der Waals surface area contributed by atoms with Gasteiger partial charge in [0.25, 0.3) is 0 Å². The Morgan fingerprint density at radius 1 is 1.12 bits per heavy atom. The van der Waals surface area contributed by atoms with E-state index in [-0.39, 0.29) is 23.4 Å². The Hall–Kier alpha value is -2.90. The van der Waals surface area contributed by atoms with Crippen LogP contribution in [0, 0.1) is 10.1 Å². The van der Waals surface area contributed by atoms with Gasteiger partial charge < -0.3 is 15.4 Å². The van der Waals surface area contributed by atoms with Crippen molar-refractivity contribution in [3.05, 3.63) is 40.7 Å². The van der Waals surface area contributed by atoms with Crippen molar-refractivity contribution in [2.45, 2.75) is 38.1 Å². The van der Waals surface area contributed by atoms with Gasteiger partial charge in [-0.2, -0.15) is 0 Å². The standard InChI is InChI=1S/C17H21N5O3/c1-25-14-9-7-13(8-10-14)21-17-15(22(23)24)16(18-11-19-17)20-12-5-3-2-4-6-12/h7-12H,2-6H2,1H3,(H2,18,19,20,21). The van der Waals surface area contributed by atoms with Gasteiger partial charge >= 0.3 is 5.69 Å². The molecular weight excluding hydrogens is 322 g/mol. The summed E-state index contributed by atoms with van der Waals surface area (Å²) in [7, 11) is 1.58. The molecule has 0 radical (unpaired) electrons. The third-order valence-electron chi connectivity index (χ3n) is 4.30. The molecule has 0 spiro atoms. The molecule has 8 nitrogen and oxygen atoms in total. The van der Waals surface area contributed by atoms with E-state index < -0.39 is 4.92 Å². The molecule has 1 heterocycles. The molecule has 1 aromatic carbocycles. The lowest BCUT2D eigenvalue weighted by molar-refractivity contribution is -0.383. The zero-order valence-corrected chi connectivity index (χ0v) is 14.1. The fourth-order valence-electron chi connectivity index (χ4n) is 3.00. The van der Waals surface area contributed by atoms with E-state index in [1.807, 2.05) is 0 Å². The normalized spacial score (nSPS) is 14.8. The van der Waals surface area contributed by atoms with Crippen molar-refractivity contribution in [2.75, 3.05) is 17.7 Å². The predicted octanol–water partition coefficient (Wildman–Crippen LogP) is 3.88. The highest BCUT2D eigenvalue weighted by atomic mass is 16.6. The van der Waals surface area contributed by atoms with Crippen molar-refractivity contribution in [3.63, 3.8) is 0 Å². The number of anilines is 3. The van der Waals surface area contributed by atoms with Crippen LogP contribution < -0.4 is 15.4 Å². The molecular formula is C17H21N5O3. The molecule has 2 aromatic rings. The summed E-state index contributed by atoms with van der Waals surface area (Å²) in [5.74, 6) is 1.15. The van der Waals surface area contributed by atoms with Gasteiger partial charge in [0.1, 0.15) is 12.1 Å². The topological polar surface area (TPSA) is 102 Å². The summed E-state index contributed by atoms with van der Waals surface area (Å²) < 4.78 is 5.11. The lowest BCUT2D eigenvalue weighted by Crippen LogP contribution is -2.23. The minimum absolute atomic E-state index is 0.135. The lowest BCUT2D eigenvalue weighted by Gasteiger charge is -2.23. The number of nitrogens with zero attached hydrogens (tertiary/aromatic N) is 3. The monoisotopic (exact) mass is 343 g/mol. The number of benzene rings is 1. The number of hydrogen-bond acceptors (Lipinski definition) is 7. The first-order valence-corrected chi connectivity index (χ1v) is 8.34. The van der Waals surface area contributed by atoms with E-state index in [4.69, 9.17) is 4.74 Å². The molecule has 25 heavy (non-hydrogen) atoms. The second-order valence-corrected chi connectivity index (χ2v) is 6.01. The Kier molecular flexibility index (Phi) is 5.27.